The summed E-state index contributed by atoms with van der Waals surface area (Å²) in [6.07, 6.45) is 0. The van der Waals surface area contributed by atoms with Gasteiger partial charge in [0, 0.05) is 26.1 Å². The average Bonchev–Trinajstić information content (AvgIpc) is 2.49. The van der Waals surface area contributed by atoms with Gasteiger partial charge in [0.2, 0.25) is 5.91 Å². The summed E-state index contributed by atoms with van der Waals surface area (Å²) in [5.74, 6) is 1.32. The van der Waals surface area contributed by atoms with Gasteiger partial charge in [0.1, 0.15) is 5.75 Å². The second-order valence-electron chi connectivity index (χ2n) is 5.54. The van der Waals surface area contributed by atoms with Crippen molar-refractivity contribution in [3.63, 3.8) is 0 Å². The number of nitrogens with one attached hydrogen (secondary N) is 2. The van der Waals surface area contributed by atoms with Gasteiger partial charge >= 0.3 is 0 Å². The Morgan fingerprint density at radius 3 is 2.32 bits per heavy atom. The standard InChI is InChI=1S/C17H28N2O3/c1-13(2)17(15-5-7-16(21-4)8-6-15)19-10-12-22-11-9-18-14(3)20/h5-8,13,17,19H,9-12H2,1-4H3,(H,18,20). The second kappa shape index (κ2) is 10.2. The van der Waals surface area contributed by atoms with Gasteiger partial charge in [-0.15, -0.1) is 0 Å². The molecule has 0 aliphatic carbocycles. The van der Waals surface area contributed by atoms with Gasteiger partial charge in [0.15, 0.2) is 0 Å². The van der Waals surface area contributed by atoms with Gasteiger partial charge in [0.25, 0.3) is 0 Å². The molecule has 0 aliphatic rings. The Kier molecular flexibility index (Phi) is 8.55. The first kappa shape index (κ1) is 18.5. The number of rotatable bonds is 10. The molecule has 0 radical (unpaired) electrons. The van der Waals surface area contributed by atoms with E-state index in [-0.39, 0.29) is 11.9 Å². The minimum Gasteiger partial charge on any atom is -0.497 e. The van der Waals surface area contributed by atoms with Crippen LogP contribution >= 0.6 is 0 Å². The molecule has 22 heavy (non-hydrogen) atoms. The van der Waals surface area contributed by atoms with Crippen LogP contribution in [0.15, 0.2) is 24.3 Å². The highest BCUT2D eigenvalue weighted by atomic mass is 16.5. The van der Waals surface area contributed by atoms with Gasteiger partial charge in [0.05, 0.1) is 20.3 Å². The first-order valence-corrected chi connectivity index (χ1v) is 7.74. The van der Waals surface area contributed by atoms with Gasteiger partial charge in [-0.25, -0.2) is 0 Å². The fourth-order valence-corrected chi connectivity index (χ4v) is 2.24. The number of amides is 1. The van der Waals surface area contributed by atoms with Crippen LogP contribution < -0.4 is 15.4 Å². The quantitative estimate of drug-likeness (QED) is 0.650. The molecule has 124 valence electrons. The number of methoxy groups -OCH3 is 1. The lowest BCUT2D eigenvalue weighted by atomic mass is 9.96. The Balaban J connectivity index is 2.33. The minimum atomic E-state index is -0.0268. The molecular formula is C17H28N2O3. The average molecular weight is 308 g/mol. The number of benzene rings is 1. The summed E-state index contributed by atoms with van der Waals surface area (Å²) in [5, 5.41) is 6.22. The molecule has 0 aliphatic heterocycles. The van der Waals surface area contributed by atoms with Gasteiger partial charge < -0.3 is 20.1 Å². The normalized spacial score (nSPS) is 12.2. The van der Waals surface area contributed by atoms with Crippen molar-refractivity contribution in [2.45, 2.75) is 26.8 Å². The molecule has 5 nitrogen and oxygen atoms in total. The molecule has 5 heteroatoms. The number of carbonyl (C=O) groups excluding carboxylic acids is 1. The van der Waals surface area contributed by atoms with Crippen LogP contribution in [-0.4, -0.2) is 39.3 Å². The van der Waals surface area contributed by atoms with E-state index >= 15 is 0 Å². The molecule has 1 atom stereocenters. The Hall–Kier alpha value is -1.59. The molecule has 0 saturated carbocycles. The van der Waals surface area contributed by atoms with Gasteiger partial charge in [-0.05, 0) is 23.6 Å². The van der Waals surface area contributed by atoms with Crippen LogP contribution in [0.5, 0.6) is 5.75 Å². The smallest absolute Gasteiger partial charge is 0.216 e. The Morgan fingerprint density at radius 2 is 1.77 bits per heavy atom. The van der Waals surface area contributed by atoms with E-state index in [1.807, 2.05) is 12.1 Å². The summed E-state index contributed by atoms with van der Waals surface area (Å²) in [6, 6.07) is 8.43. The van der Waals surface area contributed by atoms with Crippen molar-refractivity contribution in [3.05, 3.63) is 29.8 Å². The molecule has 0 aromatic heterocycles. The van der Waals surface area contributed by atoms with Gasteiger partial charge in [-0.3, -0.25) is 4.79 Å². The molecule has 2 N–H and O–H groups in total. The predicted octanol–water partition coefficient (Wildman–Crippen LogP) is 2.13. The van der Waals surface area contributed by atoms with Crippen molar-refractivity contribution in [1.29, 1.82) is 0 Å². The monoisotopic (exact) mass is 308 g/mol. The number of hydrogen-bond acceptors (Lipinski definition) is 4. The molecule has 1 aromatic carbocycles. The molecule has 0 saturated heterocycles. The van der Waals surface area contributed by atoms with E-state index < -0.39 is 0 Å². The van der Waals surface area contributed by atoms with Gasteiger partial charge in [-0.2, -0.15) is 0 Å². The number of ether oxygens (including phenoxy) is 2. The highest BCUT2D eigenvalue weighted by Gasteiger charge is 2.14. The molecule has 0 spiro atoms. The lowest BCUT2D eigenvalue weighted by molar-refractivity contribution is -0.119. The molecule has 0 heterocycles. The molecular weight excluding hydrogens is 280 g/mol. The van der Waals surface area contributed by atoms with E-state index in [2.05, 4.69) is 36.6 Å². The second-order valence-corrected chi connectivity index (χ2v) is 5.54. The van der Waals surface area contributed by atoms with E-state index in [9.17, 15) is 4.79 Å². The Morgan fingerprint density at radius 1 is 1.14 bits per heavy atom. The Bertz CT molecular complexity index is 432. The molecule has 1 unspecified atom stereocenters. The van der Waals surface area contributed by atoms with E-state index in [0.717, 1.165) is 12.3 Å². The third kappa shape index (κ3) is 6.91. The van der Waals surface area contributed by atoms with Crippen molar-refractivity contribution in [2.24, 2.45) is 5.92 Å². The van der Waals surface area contributed by atoms with Crippen LogP contribution in [0.4, 0.5) is 0 Å². The summed E-state index contributed by atoms with van der Waals surface area (Å²) in [7, 11) is 1.67. The van der Waals surface area contributed by atoms with E-state index in [1.165, 1.54) is 12.5 Å². The first-order valence-electron chi connectivity index (χ1n) is 7.74. The number of hydrogen-bond donors (Lipinski definition) is 2. The van der Waals surface area contributed by atoms with Crippen LogP contribution in [0.3, 0.4) is 0 Å². The summed E-state index contributed by atoms with van der Waals surface area (Å²) in [4.78, 5) is 10.7. The van der Waals surface area contributed by atoms with Crippen LogP contribution in [-0.2, 0) is 9.53 Å². The van der Waals surface area contributed by atoms with Crippen LogP contribution in [0.25, 0.3) is 0 Å². The largest absolute Gasteiger partial charge is 0.497 e. The number of carbonyl (C=O) groups is 1. The zero-order chi connectivity index (χ0) is 16.4. The Labute approximate surface area is 133 Å². The third-order valence-electron chi connectivity index (χ3n) is 3.37. The van der Waals surface area contributed by atoms with E-state index in [0.29, 0.717) is 25.7 Å². The van der Waals surface area contributed by atoms with Crippen LogP contribution in [0.1, 0.15) is 32.4 Å². The predicted molar refractivity (Wildman–Crippen MR) is 88.1 cm³/mol. The highest BCUT2D eigenvalue weighted by Crippen LogP contribution is 2.23. The van der Waals surface area contributed by atoms with Gasteiger partial charge in [-0.1, -0.05) is 26.0 Å². The zero-order valence-electron chi connectivity index (χ0n) is 14.0. The van der Waals surface area contributed by atoms with Crippen molar-refractivity contribution in [2.75, 3.05) is 33.4 Å². The van der Waals surface area contributed by atoms with Crippen molar-refractivity contribution < 1.29 is 14.3 Å². The topological polar surface area (TPSA) is 59.6 Å². The SMILES string of the molecule is COc1ccc(C(NCCOCCNC(C)=O)C(C)C)cc1. The fourth-order valence-electron chi connectivity index (χ4n) is 2.24. The van der Waals surface area contributed by atoms with E-state index in [1.54, 1.807) is 7.11 Å². The summed E-state index contributed by atoms with van der Waals surface area (Å²) in [5.41, 5.74) is 1.24. The third-order valence-corrected chi connectivity index (χ3v) is 3.37. The lowest BCUT2D eigenvalue weighted by Crippen LogP contribution is -2.30. The van der Waals surface area contributed by atoms with Crippen LogP contribution in [0, 0.1) is 5.92 Å². The molecule has 1 aromatic rings. The maximum Gasteiger partial charge on any atom is 0.216 e. The lowest BCUT2D eigenvalue weighted by Gasteiger charge is -2.23. The minimum absolute atomic E-state index is 0.0268. The highest BCUT2D eigenvalue weighted by molar-refractivity contribution is 5.72. The maximum absolute atomic E-state index is 10.7. The molecule has 0 bridgehead atoms. The summed E-state index contributed by atoms with van der Waals surface area (Å²) >= 11 is 0. The zero-order valence-corrected chi connectivity index (χ0v) is 14.0. The first-order chi connectivity index (χ1) is 10.5. The van der Waals surface area contributed by atoms with Crippen LogP contribution in [0.2, 0.25) is 0 Å². The van der Waals surface area contributed by atoms with Crippen molar-refractivity contribution in [1.82, 2.24) is 10.6 Å². The van der Waals surface area contributed by atoms with E-state index in [4.69, 9.17) is 9.47 Å². The maximum atomic E-state index is 10.7. The molecule has 1 rings (SSSR count). The van der Waals surface area contributed by atoms with Crippen molar-refractivity contribution in [3.8, 4) is 5.75 Å². The molecule has 1 amide bonds. The fraction of sp³-hybridized carbons (Fsp3) is 0.588. The molecule has 0 fully saturated rings. The summed E-state index contributed by atoms with van der Waals surface area (Å²) in [6.45, 7) is 8.38. The summed E-state index contributed by atoms with van der Waals surface area (Å²) < 4.78 is 10.7. The van der Waals surface area contributed by atoms with Crippen molar-refractivity contribution >= 4 is 5.91 Å².